The van der Waals surface area contributed by atoms with Crippen molar-refractivity contribution >= 4 is 11.4 Å². The number of rotatable bonds is 4. The van der Waals surface area contributed by atoms with Gasteiger partial charge >= 0.3 is 0 Å². The van der Waals surface area contributed by atoms with Gasteiger partial charge in [-0.15, -0.1) is 0 Å². The molecule has 0 radical (unpaired) electrons. The Bertz CT molecular complexity index is 515. The molecular weight excluding hydrogens is 234 g/mol. The van der Waals surface area contributed by atoms with Crippen molar-refractivity contribution in [3.05, 3.63) is 53.9 Å². The van der Waals surface area contributed by atoms with Crippen LogP contribution in [0.5, 0.6) is 0 Å². The van der Waals surface area contributed by atoms with E-state index in [2.05, 4.69) is 47.1 Å². The number of hydrogen-bond acceptors (Lipinski definition) is 3. The lowest BCUT2D eigenvalue weighted by atomic mass is 10.1. The van der Waals surface area contributed by atoms with Crippen molar-refractivity contribution in [2.24, 2.45) is 5.73 Å². The summed E-state index contributed by atoms with van der Waals surface area (Å²) in [5, 5.41) is 0. The molecule has 2 rings (SSSR count). The van der Waals surface area contributed by atoms with Gasteiger partial charge in [-0.05, 0) is 43.2 Å². The maximum absolute atomic E-state index is 5.81. The average molecular weight is 255 g/mol. The minimum Gasteiger partial charge on any atom is -0.343 e. The second kappa shape index (κ2) is 5.85. The van der Waals surface area contributed by atoms with E-state index in [0.717, 1.165) is 23.5 Å². The minimum atomic E-state index is -0.0248. The van der Waals surface area contributed by atoms with Crippen LogP contribution < -0.4 is 10.6 Å². The second-order valence-corrected chi connectivity index (χ2v) is 4.81. The fraction of sp³-hybridized carbons (Fsp3) is 0.312. The summed E-state index contributed by atoms with van der Waals surface area (Å²) < 4.78 is 0. The Labute approximate surface area is 115 Å². The van der Waals surface area contributed by atoms with Crippen LogP contribution in [0.15, 0.2) is 42.6 Å². The number of anilines is 2. The molecule has 1 heterocycles. The van der Waals surface area contributed by atoms with Gasteiger partial charge in [-0.1, -0.05) is 19.1 Å². The molecule has 0 bridgehead atoms. The van der Waals surface area contributed by atoms with E-state index < -0.39 is 0 Å². The van der Waals surface area contributed by atoms with Gasteiger partial charge in [-0.3, -0.25) is 4.98 Å². The van der Waals surface area contributed by atoms with Crippen LogP contribution in [0.25, 0.3) is 0 Å². The topological polar surface area (TPSA) is 42.1 Å². The molecule has 0 spiro atoms. The standard InChI is InChI=1S/C16H21N3/c1-4-13-5-7-14(8-6-13)19(3)15-9-10-16(12(2)17)18-11-15/h5-12H,4,17H2,1-3H3/t12-/m0/s1. The molecule has 0 unspecified atom stereocenters. The third-order valence-electron chi connectivity index (χ3n) is 3.36. The molecule has 0 saturated carbocycles. The van der Waals surface area contributed by atoms with Gasteiger partial charge in [0.15, 0.2) is 0 Å². The van der Waals surface area contributed by atoms with Gasteiger partial charge in [0.25, 0.3) is 0 Å². The molecule has 0 aliphatic rings. The predicted octanol–water partition coefficient (Wildman–Crippen LogP) is 3.43. The fourth-order valence-electron chi connectivity index (χ4n) is 1.97. The third kappa shape index (κ3) is 3.12. The minimum absolute atomic E-state index is 0.0248. The first-order valence-corrected chi connectivity index (χ1v) is 6.66. The normalized spacial score (nSPS) is 12.2. The lowest BCUT2D eigenvalue weighted by molar-refractivity contribution is 0.781. The zero-order chi connectivity index (χ0) is 13.8. The number of aromatic nitrogens is 1. The van der Waals surface area contributed by atoms with Crippen LogP contribution >= 0.6 is 0 Å². The summed E-state index contributed by atoms with van der Waals surface area (Å²) in [6, 6.07) is 12.6. The highest BCUT2D eigenvalue weighted by molar-refractivity contribution is 5.61. The van der Waals surface area contributed by atoms with Gasteiger partial charge in [0, 0.05) is 18.8 Å². The SMILES string of the molecule is CCc1ccc(N(C)c2ccc([C@H](C)N)nc2)cc1. The van der Waals surface area contributed by atoms with Crippen LogP contribution in [0.2, 0.25) is 0 Å². The lowest BCUT2D eigenvalue weighted by Gasteiger charge is -2.20. The quantitative estimate of drug-likeness (QED) is 0.910. The Hall–Kier alpha value is -1.87. The van der Waals surface area contributed by atoms with Crippen molar-refractivity contribution in [1.82, 2.24) is 4.98 Å². The third-order valence-corrected chi connectivity index (χ3v) is 3.36. The highest BCUT2D eigenvalue weighted by Crippen LogP contribution is 2.23. The molecule has 3 heteroatoms. The number of hydrogen-bond donors (Lipinski definition) is 1. The number of pyridine rings is 1. The Kier molecular flexibility index (Phi) is 4.17. The molecule has 0 aliphatic carbocycles. The molecule has 1 aromatic heterocycles. The molecule has 0 fully saturated rings. The van der Waals surface area contributed by atoms with Crippen molar-refractivity contribution in [2.45, 2.75) is 26.3 Å². The van der Waals surface area contributed by atoms with Gasteiger partial charge in [-0.2, -0.15) is 0 Å². The predicted molar refractivity (Wildman–Crippen MR) is 80.7 cm³/mol. The number of nitrogens with zero attached hydrogens (tertiary/aromatic N) is 2. The molecule has 2 aromatic rings. The molecule has 1 atom stereocenters. The molecule has 1 aromatic carbocycles. The smallest absolute Gasteiger partial charge is 0.0594 e. The molecule has 100 valence electrons. The van der Waals surface area contributed by atoms with Crippen LogP contribution in [0.4, 0.5) is 11.4 Å². The van der Waals surface area contributed by atoms with E-state index in [1.54, 1.807) is 0 Å². The lowest BCUT2D eigenvalue weighted by Crippen LogP contribution is -2.11. The van der Waals surface area contributed by atoms with E-state index in [1.807, 2.05) is 26.2 Å². The monoisotopic (exact) mass is 255 g/mol. The Balaban J connectivity index is 2.20. The molecule has 0 saturated heterocycles. The van der Waals surface area contributed by atoms with E-state index in [0.29, 0.717) is 0 Å². The van der Waals surface area contributed by atoms with Crippen molar-refractivity contribution in [2.75, 3.05) is 11.9 Å². The highest BCUT2D eigenvalue weighted by atomic mass is 15.1. The Morgan fingerprint density at radius 1 is 1.11 bits per heavy atom. The van der Waals surface area contributed by atoms with Crippen molar-refractivity contribution in [3.63, 3.8) is 0 Å². The summed E-state index contributed by atoms with van der Waals surface area (Å²) in [6.07, 6.45) is 2.93. The summed E-state index contributed by atoms with van der Waals surface area (Å²) in [7, 11) is 2.05. The van der Waals surface area contributed by atoms with Gasteiger partial charge in [0.1, 0.15) is 0 Å². The fourth-order valence-corrected chi connectivity index (χ4v) is 1.97. The van der Waals surface area contributed by atoms with Gasteiger partial charge in [0.2, 0.25) is 0 Å². The summed E-state index contributed by atoms with van der Waals surface area (Å²) in [4.78, 5) is 6.51. The van der Waals surface area contributed by atoms with E-state index >= 15 is 0 Å². The molecule has 0 aliphatic heterocycles. The van der Waals surface area contributed by atoms with Crippen molar-refractivity contribution in [1.29, 1.82) is 0 Å². The summed E-state index contributed by atoms with van der Waals surface area (Å²) in [5.41, 5.74) is 10.3. The molecular formula is C16H21N3. The average Bonchev–Trinajstić information content (AvgIpc) is 2.46. The number of benzene rings is 1. The summed E-state index contributed by atoms with van der Waals surface area (Å²) >= 11 is 0. The Morgan fingerprint density at radius 3 is 2.21 bits per heavy atom. The van der Waals surface area contributed by atoms with Crippen LogP contribution in [0.3, 0.4) is 0 Å². The van der Waals surface area contributed by atoms with Gasteiger partial charge in [0.05, 0.1) is 17.6 Å². The largest absolute Gasteiger partial charge is 0.343 e. The van der Waals surface area contributed by atoms with Crippen LogP contribution in [-0.4, -0.2) is 12.0 Å². The number of nitrogens with two attached hydrogens (primary N) is 1. The van der Waals surface area contributed by atoms with Crippen molar-refractivity contribution in [3.8, 4) is 0 Å². The van der Waals surface area contributed by atoms with Crippen LogP contribution in [0, 0.1) is 0 Å². The Morgan fingerprint density at radius 2 is 1.74 bits per heavy atom. The van der Waals surface area contributed by atoms with Gasteiger partial charge < -0.3 is 10.6 Å². The number of aryl methyl sites for hydroxylation is 1. The maximum atomic E-state index is 5.81. The molecule has 2 N–H and O–H groups in total. The highest BCUT2D eigenvalue weighted by Gasteiger charge is 2.06. The van der Waals surface area contributed by atoms with E-state index in [1.165, 1.54) is 5.56 Å². The maximum Gasteiger partial charge on any atom is 0.0594 e. The second-order valence-electron chi connectivity index (χ2n) is 4.81. The zero-order valence-corrected chi connectivity index (χ0v) is 11.8. The van der Waals surface area contributed by atoms with E-state index in [9.17, 15) is 0 Å². The van der Waals surface area contributed by atoms with Crippen LogP contribution in [-0.2, 0) is 6.42 Å². The molecule has 0 amide bonds. The zero-order valence-electron chi connectivity index (χ0n) is 11.8. The van der Waals surface area contributed by atoms with E-state index in [4.69, 9.17) is 5.73 Å². The molecule has 19 heavy (non-hydrogen) atoms. The first-order chi connectivity index (χ1) is 9.11. The first kappa shape index (κ1) is 13.6. The summed E-state index contributed by atoms with van der Waals surface area (Å²) in [5.74, 6) is 0. The van der Waals surface area contributed by atoms with E-state index in [-0.39, 0.29) is 6.04 Å². The summed E-state index contributed by atoms with van der Waals surface area (Å²) in [6.45, 7) is 4.10. The molecule has 3 nitrogen and oxygen atoms in total. The first-order valence-electron chi connectivity index (χ1n) is 6.66. The van der Waals surface area contributed by atoms with Crippen molar-refractivity contribution < 1.29 is 0 Å². The van der Waals surface area contributed by atoms with Crippen LogP contribution in [0.1, 0.15) is 31.1 Å². The van der Waals surface area contributed by atoms with Gasteiger partial charge in [-0.25, -0.2) is 0 Å².